The molecule has 4 rings (SSSR count). The Labute approximate surface area is 184 Å². The Morgan fingerprint density at radius 1 is 0.562 bits per heavy atom. The Balaban J connectivity index is 1.53. The highest BCUT2D eigenvalue weighted by Gasteiger charge is 2.16. The molecule has 0 spiro atoms. The second-order valence-electron chi connectivity index (χ2n) is 6.81. The van der Waals surface area contributed by atoms with Gasteiger partial charge in [-0.25, -0.2) is 0 Å². The first-order valence-electron chi connectivity index (χ1n) is 9.74. The van der Waals surface area contributed by atoms with Crippen molar-refractivity contribution < 1.29 is 15.0 Å². The molecule has 0 unspecified atom stereocenters. The molecular formula is C25H18N4O3. The largest absolute Gasteiger partial charge is 0.507 e. The molecule has 0 saturated heterocycles. The third kappa shape index (κ3) is 4.91. The molecule has 4 aromatic carbocycles. The van der Waals surface area contributed by atoms with Crippen molar-refractivity contribution in [1.29, 1.82) is 0 Å². The van der Waals surface area contributed by atoms with Gasteiger partial charge < -0.3 is 10.2 Å². The maximum atomic E-state index is 12.7. The summed E-state index contributed by atoms with van der Waals surface area (Å²) in [5.41, 5.74) is 2.43. The number of azo groups is 2. The summed E-state index contributed by atoms with van der Waals surface area (Å²) in [5.74, 6) is -1.000. The van der Waals surface area contributed by atoms with Crippen molar-refractivity contribution >= 4 is 28.5 Å². The van der Waals surface area contributed by atoms with E-state index in [-0.39, 0.29) is 28.5 Å². The summed E-state index contributed by atoms with van der Waals surface area (Å²) in [4.78, 5) is 12.7. The molecular weight excluding hydrogens is 404 g/mol. The highest BCUT2D eigenvalue weighted by molar-refractivity contribution is 6.11. The number of phenolic OH excluding ortho intramolecular Hbond substituents is 2. The van der Waals surface area contributed by atoms with Gasteiger partial charge in [-0.2, -0.15) is 15.3 Å². The van der Waals surface area contributed by atoms with E-state index in [0.717, 1.165) is 11.8 Å². The number of carbonyl (C=O) groups is 1. The zero-order valence-electron chi connectivity index (χ0n) is 16.8. The van der Waals surface area contributed by atoms with Gasteiger partial charge in [-0.05, 0) is 42.5 Å². The van der Waals surface area contributed by atoms with E-state index >= 15 is 0 Å². The van der Waals surface area contributed by atoms with E-state index in [1.54, 1.807) is 54.6 Å². The first kappa shape index (κ1) is 20.6. The van der Waals surface area contributed by atoms with Gasteiger partial charge in [0.2, 0.25) is 0 Å². The number of hydrogen-bond donors (Lipinski definition) is 2. The van der Waals surface area contributed by atoms with E-state index in [1.807, 2.05) is 30.3 Å². The summed E-state index contributed by atoms with van der Waals surface area (Å²) >= 11 is 0. The number of carbonyl (C=O) groups excluding carboxylic acids is 1. The topological polar surface area (TPSA) is 107 Å². The van der Waals surface area contributed by atoms with E-state index in [4.69, 9.17) is 0 Å². The minimum Gasteiger partial charge on any atom is -0.507 e. The molecule has 0 amide bonds. The van der Waals surface area contributed by atoms with Crippen LogP contribution >= 0.6 is 0 Å². The first-order chi connectivity index (χ1) is 15.6. The molecule has 0 bridgehead atoms. The summed E-state index contributed by atoms with van der Waals surface area (Å²) in [6, 6.07) is 27.2. The molecule has 0 fully saturated rings. The second-order valence-corrected chi connectivity index (χ2v) is 6.81. The Morgan fingerprint density at radius 2 is 1.06 bits per heavy atom. The van der Waals surface area contributed by atoms with Crippen LogP contribution in [-0.2, 0) is 0 Å². The van der Waals surface area contributed by atoms with Crippen molar-refractivity contribution in [1.82, 2.24) is 0 Å². The number of benzene rings is 4. The van der Waals surface area contributed by atoms with Crippen molar-refractivity contribution in [2.75, 3.05) is 0 Å². The molecule has 0 heterocycles. The van der Waals surface area contributed by atoms with Crippen LogP contribution < -0.4 is 0 Å². The number of ketones is 1. The highest BCUT2D eigenvalue weighted by Crippen LogP contribution is 2.35. The van der Waals surface area contributed by atoms with E-state index in [9.17, 15) is 15.0 Å². The molecule has 32 heavy (non-hydrogen) atoms. The number of nitrogens with zero attached hydrogens (tertiary/aromatic N) is 4. The van der Waals surface area contributed by atoms with Crippen LogP contribution in [0, 0.1) is 0 Å². The average molecular weight is 422 g/mol. The van der Waals surface area contributed by atoms with E-state index in [2.05, 4.69) is 20.5 Å². The van der Waals surface area contributed by atoms with E-state index in [1.165, 1.54) is 6.07 Å². The van der Waals surface area contributed by atoms with Gasteiger partial charge in [0.1, 0.15) is 17.2 Å². The van der Waals surface area contributed by atoms with Gasteiger partial charge in [-0.1, -0.05) is 48.5 Å². The number of hydrogen-bond acceptors (Lipinski definition) is 7. The zero-order chi connectivity index (χ0) is 22.3. The smallest absolute Gasteiger partial charge is 0.196 e. The molecule has 4 aromatic rings. The third-order valence-corrected chi connectivity index (χ3v) is 4.53. The molecule has 0 aliphatic carbocycles. The van der Waals surface area contributed by atoms with Gasteiger partial charge in [-0.15, -0.1) is 5.11 Å². The minimum absolute atomic E-state index is 0.0274. The van der Waals surface area contributed by atoms with Gasteiger partial charge >= 0.3 is 0 Å². The monoisotopic (exact) mass is 422 g/mol. The van der Waals surface area contributed by atoms with E-state index in [0.29, 0.717) is 16.9 Å². The Kier molecular flexibility index (Phi) is 6.08. The predicted octanol–water partition coefficient (Wildman–Crippen LogP) is 7.16. The van der Waals surface area contributed by atoms with Crippen LogP contribution in [0.3, 0.4) is 0 Å². The van der Waals surface area contributed by atoms with Crippen LogP contribution in [0.2, 0.25) is 0 Å². The third-order valence-electron chi connectivity index (χ3n) is 4.53. The Hall–Kier alpha value is -4.65. The van der Waals surface area contributed by atoms with Gasteiger partial charge in [0.15, 0.2) is 5.78 Å². The Bertz CT molecular complexity index is 1290. The summed E-state index contributed by atoms with van der Waals surface area (Å²) in [6.07, 6.45) is 0. The summed E-state index contributed by atoms with van der Waals surface area (Å²) < 4.78 is 0. The van der Waals surface area contributed by atoms with E-state index < -0.39 is 0 Å². The molecule has 0 atom stereocenters. The minimum atomic E-state index is -0.382. The normalized spacial score (nSPS) is 11.2. The van der Waals surface area contributed by atoms with Crippen molar-refractivity contribution in [3.63, 3.8) is 0 Å². The van der Waals surface area contributed by atoms with Gasteiger partial charge in [0, 0.05) is 11.6 Å². The van der Waals surface area contributed by atoms with Crippen molar-refractivity contribution in [3.05, 3.63) is 108 Å². The maximum Gasteiger partial charge on any atom is 0.196 e. The molecule has 0 radical (unpaired) electrons. The molecule has 7 nitrogen and oxygen atoms in total. The van der Waals surface area contributed by atoms with Crippen LogP contribution in [0.5, 0.6) is 11.5 Å². The fourth-order valence-corrected chi connectivity index (χ4v) is 2.88. The van der Waals surface area contributed by atoms with Gasteiger partial charge in [0.05, 0.1) is 22.6 Å². The van der Waals surface area contributed by atoms with Crippen LogP contribution in [0.4, 0.5) is 22.7 Å². The van der Waals surface area contributed by atoms with Crippen molar-refractivity contribution in [2.24, 2.45) is 20.5 Å². The maximum absolute atomic E-state index is 12.7. The fraction of sp³-hybridized carbons (Fsp3) is 0. The SMILES string of the molecule is O=C(c1ccccc1)c1cc(N=Nc2ccc(N=Nc3ccccc3)cc2)c(O)cc1O. The number of phenols is 2. The highest BCUT2D eigenvalue weighted by atomic mass is 16.3. The average Bonchev–Trinajstić information content (AvgIpc) is 2.84. The van der Waals surface area contributed by atoms with Crippen molar-refractivity contribution in [2.45, 2.75) is 0 Å². The van der Waals surface area contributed by atoms with Gasteiger partial charge in [0.25, 0.3) is 0 Å². The van der Waals surface area contributed by atoms with Gasteiger partial charge in [-0.3, -0.25) is 4.79 Å². The molecule has 0 saturated carbocycles. The molecule has 7 heteroatoms. The zero-order valence-corrected chi connectivity index (χ0v) is 16.8. The summed E-state index contributed by atoms with van der Waals surface area (Å²) in [6.45, 7) is 0. The molecule has 0 aromatic heterocycles. The van der Waals surface area contributed by atoms with Crippen LogP contribution in [0.15, 0.2) is 118 Å². The lowest BCUT2D eigenvalue weighted by atomic mass is 10.0. The fourth-order valence-electron chi connectivity index (χ4n) is 2.88. The standard InChI is InChI=1S/C25H18N4O3/c30-23-16-24(31)22(15-21(23)25(32)17-7-3-1-4-8-17)29-28-20-13-11-19(12-14-20)27-26-18-9-5-2-6-10-18/h1-16,30-31H. The molecule has 0 aliphatic rings. The molecule has 2 N–H and O–H groups in total. The lowest BCUT2D eigenvalue weighted by Gasteiger charge is -2.06. The molecule has 156 valence electrons. The van der Waals surface area contributed by atoms with Crippen LogP contribution in [-0.4, -0.2) is 16.0 Å². The first-order valence-corrected chi connectivity index (χ1v) is 9.74. The number of aromatic hydroxyl groups is 2. The van der Waals surface area contributed by atoms with Crippen LogP contribution in [0.25, 0.3) is 0 Å². The second kappa shape index (κ2) is 9.44. The van der Waals surface area contributed by atoms with Crippen LogP contribution in [0.1, 0.15) is 15.9 Å². The quantitative estimate of drug-likeness (QED) is 0.254. The predicted molar refractivity (Wildman–Crippen MR) is 121 cm³/mol. The number of rotatable bonds is 6. The molecule has 0 aliphatic heterocycles. The summed E-state index contributed by atoms with van der Waals surface area (Å²) in [7, 11) is 0. The van der Waals surface area contributed by atoms with Crippen molar-refractivity contribution in [3.8, 4) is 11.5 Å². The Morgan fingerprint density at radius 3 is 1.66 bits per heavy atom. The lowest BCUT2D eigenvalue weighted by Crippen LogP contribution is -2.01. The lowest BCUT2D eigenvalue weighted by molar-refractivity contribution is 0.103. The summed E-state index contributed by atoms with van der Waals surface area (Å²) in [5, 5.41) is 36.7.